The van der Waals surface area contributed by atoms with E-state index in [1.807, 2.05) is 6.92 Å². The topological polar surface area (TPSA) is 111 Å². The zero-order chi connectivity index (χ0) is 28.7. The van der Waals surface area contributed by atoms with Crippen molar-refractivity contribution < 1.29 is 27.9 Å². The van der Waals surface area contributed by atoms with Gasteiger partial charge in [0.2, 0.25) is 0 Å². The number of likely N-dealkylation sites (tertiary alicyclic amines) is 1. The molecule has 2 aliphatic rings. The molecule has 0 saturated carbocycles. The van der Waals surface area contributed by atoms with Crippen molar-refractivity contribution in [2.75, 3.05) is 19.6 Å². The van der Waals surface area contributed by atoms with E-state index in [2.05, 4.69) is 10.1 Å². The highest BCUT2D eigenvalue weighted by molar-refractivity contribution is 5.79. The second kappa shape index (κ2) is 11.0. The monoisotopic (exact) mass is 564 g/mol. The van der Waals surface area contributed by atoms with E-state index in [1.165, 1.54) is 24.3 Å². The lowest BCUT2D eigenvalue weighted by atomic mass is 9.89. The van der Waals surface area contributed by atoms with E-state index in [4.69, 9.17) is 19.4 Å². The maximum absolute atomic E-state index is 14.2. The van der Waals surface area contributed by atoms with E-state index >= 15 is 0 Å². The molecule has 9 nitrogen and oxygen atoms in total. The summed E-state index contributed by atoms with van der Waals surface area (Å²) in [6.45, 7) is 4.70. The maximum Gasteiger partial charge on any atom is 0.511 e. The first-order chi connectivity index (χ1) is 19.8. The summed E-state index contributed by atoms with van der Waals surface area (Å²) < 4.78 is 39.6. The van der Waals surface area contributed by atoms with Crippen LogP contribution < -0.4 is 10.3 Å². The zero-order valence-electron chi connectivity index (χ0n) is 22.6. The number of fused-ring (bicyclic) bond motifs is 2. The molecule has 1 unspecified atom stereocenters. The Hall–Kier alpha value is -4.12. The summed E-state index contributed by atoms with van der Waals surface area (Å²) >= 11 is 0. The van der Waals surface area contributed by atoms with Gasteiger partial charge in [0, 0.05) is 53.2 Å². The standard InChI is InChI=1S/C30H30F2N4O5/c1-17-21(10-14-35-12-8-18(9-13-35)27-23-6-4-20(32)16-26(23)41-34-27)29(37)36-11-2-3-22(28(36)33-17)24-15-19(31)5-7-25(24)40-30(38)39/h4-7,15-16,18,22H,2-3,8-14H2,1H3,(H,38,39). The fourth-order valence-corrected chi connectivity index (χ4v) is 6.27. The van der Waals surface area contributed by atoms with Crippen LogP contribution in [0.5, 0.6) is 5.75 Å². The Morgan fingerprint density at radius 2 is 1.85 bits per heavy atom. The van der Waals surface area contributed by atoms with Gasteiger partial charge in [0.15, 0.2) is 5.58 Å². The summed E-state index contributed by atoms with van der Waals surface area (Å²) in [4.78, 5) is 32.0. The molecule has 2 aromatic heterocycles. The van der Waals surface area contributed by atoms with E-state index in [9.17, 15) is 18.4 Å². The van der Waals surface area contributed by atoms with Gasteiger partial charge in [-0.1, -0.05) is 5.16 Å². The van der Waals surface area contributed by atoms with Crippen LogP contribution in [0.25, 0.3) is 11.0 Å². The molecular formula is C30H30F2N4O5. The van der Waals surface area contributed by atoms with Crippen LogP contribution in [0.15, 0.2) is 45.7 Å². The molecule has 6 rings (SSSR count). The van der Waals surface area contributed by atoms with Crippen molar-refractivity contribution in [2.45, 2.75) is 57.4 Å². The maximum atomic E-state index is 14.2. The van der Waals surface area contributed by atoms with Crippen LogP contribution in [0.4, 0.5) is 13.6 Å². The molecule has 41 heavy (non-hydrogen) atoms. The summed E-state index contributed by atoms with van der Waals surface area (Å²) in [7, 11) is 0. The van der Waals surface area contributed by atoms with Gasteiger partial charge >= 0.3 is 6.16 Å². The van der Waals surface area contributed by atoms with Crippen molar-refractivity contribution in [3.8, 4) is 5.75 Å². The molecule has 0 spiro atoms. The fourth-order valence-electron chi connectivity index (χ4n) is 6.27. The third-order valence-electron chi connectivity index (χ3n) is 8.34. The molecular weight excluding hydrogens is 534 g/mol. The minimum absolute atomic E-state index is 0.0440. The number of hydrogen-bond acceptors (Lipinski definition) is 7. The minimum atomic E-state index is -1.49. The van der Waals surface area contributed by atoms with Crippen LogP contribution in [0, 0.1) is 18.6 Å². The van der Waals surface area contributed by atoms with Gasteiger partial charge < -0.3 is 19.3 Å². The van der Waals surface area contributed by atoms with Gasteiger partial charge in [-0.05, 0) is 82.4 Å². The molecule has 4 heterocycles. The molecule has 0 bridgehead atoms. The van der Waals surface area contributed by atoms with Crippen molar-refractivity contribution in [1.82, 2.24) is 19.6 Å². The SMILES string of the molecule is Cc1nc2n(c(=O)c1CCN1CCC(c3noc4cc(F)ccc34)CC1)CCCC2c1cc(F)ccc1OC(=O)O. The number of aryl methyl sites for hydroxylation is 1. The van der Waals surface area contributed by atoms with Crippen LogP contribution in [0.2, 0.25) is 0 Å². The molecule has 11 heteroatoms. The number of rotatable bonds is 6. The fraction of sp³-hybridized carbons (Fsp3) is 0.400. The van der Waals surface area contributed by atoms with Gasteiger partial charge in [0.1, 0.15) is 23.2 Å². The van der Waals surface area contributed by atoms with Crippen LogP contribution >= 0.6 is 0 Å². The van der Waals surface area contributed by atoms with E-state index in [1.54, 1.807) is 10.6 Å². The summed E-state index contributed by atoms with van der Waals surface area (Å²) in [6.07, 6.45) is 2.09. The number of ether oxygens (including phenoxy) is 1. The predicted octanol–water partition coefficient (Wildman–Crippen LogP) is 5.38. The highest BCUT2D eigenvalue weighted by Gasteiger charge is 2.30. The average Bonchev–Trinajstić information content (AvgIpc) is 3.37. The average molecular weight is 565 g/mol. The van der Waals surface area contributed by atoms with E-state index in [0.717, 1.165) is 43.1 Å². The third-order valence-corrected chi connectivity index (χ3v) is 8.34. The molecule has 4 aromatic rings. The summed E-state index contributed by atoms with van der Waals surface area (Å²) in [6, 6.07) is 8.22. The van der Waals surface area contributed by atoms with Crippen LogP contribution in [-0.2, 0) is 13.0 Å². The Bertz CT molecular complexity index is 1680. The number of piperidine rings is 1. The lowest BCUT2D eigenvalue weighted by Gasteiger charge is -2.31. The van der Waals surface area contributed by atoms with Crippen molar-refractivity contribution >= 4 is 17.1 Å². The first kappa shape index (κ1) is 27.1. The predicted molar refractivity (Wildman–Crippen MR) is 145 cm³/mol. The molecule has 0 amide bonds. The largest absolute Gasteiger partial charge is 0.511 e. The lowest BCUT2D eigenvalue weighted by Crippen LogP contribution is -2.38. The van der Waals surface area contributed by atoms with Crippen molar-refractivity contribution in [3.05, 3.63) is 86.7 Å². The highest BCUT2D eigenvalue weighted by Crippen LogP contribution is 2.38. The number of carbonyl (C=O) groups is 1. The van der Waals surface area contributed by atoms with Gasteiger partial charge in [0.05, 0.1) is 5.69 Å². The first-order valence-electron chi connectivity index (χ1n) is 13.9. The smallest absolute Gasteiger partial charge is 0.449 e. The van der Waals surface area contributed by atoms with Gasteiger partial charge in [-0.25, -0.2) is 18.6 Å². The molecule has 2 aliphatic heterocycles. The summed E-state index contributed by atoms with van der Waals surface area (Å²) in [5, 5.41) is 14.2. The van der Waals surface area contributed by atoms with E-state index in [-0.39, 0.29) is 23.0 Å². The molecule has 1 fully saturated rings. The van der Waals surface area contributed by atoms with Crippen molar-refractivity contribution in [1.29, 1.82) is 0 Å². The Morgan fingerprint density at radius 3 is 2.63 bits per heavy atom. The lowest BCUT2D eigenvalue weighted by molar-refractivity contribution is 0.143. The third kappa shape index (κ3) is 5.33. The quantitative estimate of drug-likeness (QED) is 0.246. The number of benzene rings is 2. The molecule has 214 valence electrons. The number of halogens is 2. The molecule has 0 radical (unpaired) electrons. The van der Waals surface area contributed by atoms with E-state index < -0.39 is 17.9 Å². The van der Waals surface area contributed by atoms with Crippen molar-refractivity contribution in [3.63, 3.8) is 0 Å². The van der Waals surface area contributed by atoms with Gasteiger partial charge in [-0.2, -0.15) is 0 Å². The minimum Gasteiger partial charge on any atom is -0.449 e. The van der Waals surface area contributed by atoms with Gasteiger partial charge in [-0.3, -0.25) is 9.36 Å². The Morgan fingerprint density at radius 1 is 1.10 bits per heavy atom. The molecule has 1 atom stereocenters. The zero-order valence-corrected chi connectivity index (χ0v) is 22.6. The second-order valence-electron chi connectivity index (χ2n) is 10.8. The summed E-state index contributed by atoms with van der Waals surface area (Å²) in [5.41, 5.74) is 2.88. The Balaban J connectivity index is 1.17. The van der Waals surface area contributed by atoms with Crippen LogP contribution in [-0.4, -0.2) is 50.5 Å². The highest BCUT2D eigenvalue weighted by atomic mass is 19.1. The number of nitrogens with zero attached hydrogens (tertiary/aromatic N) is 4. The van der Waals surface area contributed by atoms with Crippen LogP contribution in [0.3, 0.4) is 0 Å². The first-order valence-corrected chi connectivity index (χ1v) is 13.9. The Labute approximate surface area is 234 Å². The summed E-state index contributed by atoms with van der Waals surface area (Å²) in [5.74, 6) is -0.548. The van der Waals surface area contributed by atoms with Crippen LogP contribution in [0.1, 0.15) is 65.9 Å². The molecule has 2 aromatic carbocycles. The van der Waals surface area contributed by atoms with E-state index in [0.29, 0.717) is 60.6 Å². The van der Waals surface area contributed by atoms with Gasteiger partial charge in [-0.15, -0.1) is 0 Å². The second-order valence-corrected chi connectivity index (χ2v) is 10.8. The molecule has 0 aliphatic carbocycles. The molecule has 1 saturated heterocycles. The normalized spacial score (nSPS) is 18.0. The number of carboxylic acid groups (broad SMARTS) is 1. The number of hydrogen-bond donors (Lipinski definition) is 1. The van der Waals surface area contributed by atoms with Crippen molar-refractivity contribution in [2.24, 2.45) is 0 Å². The van der Waals surface area contributed by atoms with Gasteiger partial charge in [0.25, 0.3) is 5.56 Å². The molecule has 1 N–H and O–H groups in total. The number of aromatic nitrogens is 3. The Kier molecular flexibility index (Phi) is 7.29.